The molecular weight excluding hydrogens is 526 g/mol. The van der Waals surface area contributed by atoms with E-state index < -0.39 is 53.3 Å². The summed E-state index contributed by atoms with van der Waals surface area (Å²) >= 11 is 0. The van der Waals surface area contributed by atoms with Gasteiger partial charge in [-0.3, -0.25) is 0 Å². The molecule has 0 saturated heterocycles. The zero-order valence-electron chi connectivity index (χ0n) is 21.5. The summed E-state index contributed by atoms with van der Waals surface area (Å²) in [5, 5.41) is 0. The lowest BCUT2D eigenvalue weighted by Crippen LogP contribution is -2.59. The molecule has 0 aromatic carbocycles. The third-order valence-corrected chi connectivity index (χ3v) is 6.31. The number of quaternary nitrogens is 1. The molecule has 0 bridgehead atoms. The number of rotatable bonds is 19. The Bertz CT molecular complexity index is 657. The van der Waals surface area contributed by atoms with Crippen molar-refractivity contribution in [1.82, 2.24) is 0 Å². The molecule has 0 unspecified atom stereocenters. The fraction of sp³-hybridized carbons (Fsp3) is 1.00. The van der Waals surface area contributed by atoms with Crippen LogP contribution < -0.4 is 0 Å². The minimum Gasteiger partial charge on any atom is -0.748 e. The molecular formula is C22H41F8NO4S. The van der Waals surface area contributed by atoms with Gasteiger partial charge in [-0.05, 0) is 32.1 Å². The summed E-state index contributed by atoms with van der Waals surface area (Å²) < 4.78 is 136. The van der Waals surface area contributed by atoms with Crippen molar-refractivity contribution < 1.29 is 57.3 Å². The van der Waals surface area contributed by atoms with Crippen molar-refractivity contribution in [2.75, 3.05) is 45.6 Å². The highest BCUT2D eigenvalue weighted by Gasteiger charge is 2.75. The van der Waals surface area contributed by atoms with Crippen LogP contribution >= 0.6 is 0 Å². The molecule has 0 rings (SSSR count). The van der Waals surface area contributed by atoms with Crippen molar-refractivity contribution in [2.24, 2.45) is 0 Å². The molecule has 36 heavy (non-hydrogen) atoms. The number of halogens is 8. The number of ether oxygens (including phenoxy) is 1. The highest BCUT2D eigenvalue weighted by molar-refractivity contribution is 7.85. The Morgan fingerprint density at radius 1 is 0.806 bits per heavy atom. The average molecular weight is 568 g/mol. The number of unbranched alkanes of at least 4 members (excludes halogenated alkanes) is 4. The molecule has 0 aliphatic heterocycles. The molecule has 0 aliphatic carbocycles. The quantitative estimate of drug-likeness (QED) is 0.0792. The Hall–Kier alpha value is -0.730. The molecule has 0 fully saturated rings. The Labute approximate surface area is 209 Å². The van der Waals surface area contributed by atoms with Gasteiger partial charge >= 0.3 is 24.2 Å². The molecule has 0 spiro atoms. The predicted molar refractivity (Wildman–Crippen MR) is 121 cm³/mol. The summed E-state index contributed by atoms with van der Waals surface area (Å²) in [4.78, 5) is 0. The van der Waals surface area contributed by atoms with Crippen LogP contribution in [0.4, 0.5) is 35.1 Å². The van der Waals surface area contributed by atoms with Crippen molar-refractivity contribution in [1.29, 1.82) is 0 Å². The van der Waals surface area contributed by atoms with E-state index >= 15 is 0 Å². The van der Waals surface area contributed by atoms with Crippen molar-refractivity contribution in [3.8, 4) is 0 Å². The van der Waals surface area contributed by atoms with Crippen LogP contribution in [-0.2, 0) is 14.9 Å². The Morgan fingerprint density at radius 2 is 1.22 bits per heavy atom. The van der Waals surface area contributed by atoms with E-state index in [0.29, 0.717) is 0 Å². The van der Waals surface area contributed by atoms with Crippen LogP contribution in [0.25, 0.3) is 0 Å². The van der Waals surface area contributed by atoms with E-state index in [4.69, 9.17) is 0 Å². The van der Waals surface area contributed by atoms with Gasteiger partial charge in [0.25, 0.3) is 0 Å². The molecule has 0 N–H and O–H groups in total. The lowest BCUT2D eigenvalue weighted by molar-refractivity contribution is -0.910. The Balaban J connectivity index is 0. The van der Waals surface area contributed by atoms with Crippen molar-refractivity contribution in [3.05, 3.63) is 0 Å². The van der Waals surface area contributed by atoms with E-state index in [0.717, 1.165) is 0 Å². The Morgan fingerprint density at radius 3 is 1.56 bits per heavy atom. The van der Waals surface area contributed by atoms with Gasteiger partial charge in [0.15, 0.2) is 0 Å². The summed E-state index contributed by atoms with van der Waals surface area (Å²) in [6.45, 7) is 8.02. The first-order valence-corrected chi connectivity index (χ1v) is 13.7. The van der Waals surface area contributed by atoms with Crippen molar-refractivity contribution in [2.45, 2.75) is 96.3 Å². The lowest BCUT2D eigenvalue weighted by atomic mass is 10.1. The SMILES string of the molecule is CCCC[N+](C)(CCCC)CCCC.O=S(=O)([O-])CCCCOCC(F)(F)C(F)(F)C(F)(F)C(F)F. The van der Waals surface area contributed by atoms with E-state index in [1.54, 1.807) is 0 Å². The second-order valence-corrected chi connectivity index (χ2v) is 10.6. The van der Waals surface area contributed by atoms with Gasteiger partial charge in [-0.2, -0.15) is 26.3 Å². The number of nitrogens with zero attached hydrogens (tertiary/aromatic N) is 1. The first-order chi connectivity index (χ1) is 16.3. The topological polar surface area (TPSA) is 66.4 Å². The number of alkyl halides is 8. The molecule has 0 aromatic rings. The van der Waals surface area contributed by atoms with Gasteiger partial charge in [0.1, 0.15) is 6.61 Å². The van der Waals surface area contributed by atoms with Crippen LogP contribution in [0.15, 0.2) is 0 Å². The largest absolute Gasteiger partial charge is 0.748 e. The van der Waals surface area contributed by atoms with E-state index in [-0.39, 0.29) is 12.8 Å². The average Bonchev–Trinajstić information content (AvgIpc) is 2.76. The van der Waals surface area contributed by atoms with Gasteiger partial charge in [-0.1, -0.05) is 40.0 Å². The summed E-state index contributed by atoms with van der Waals surface area (Å²) in [5.74, 6) is -19.0. The fourth-order valence-electron chi connectivity index (χ4n) is 3.11. The first-order valence-electron chi connectivity index (χ1n) is 12.1. The van der Waals surface area contributed by atoms with E-state index in [9.17, 15) is 48.1 Å². The van der Waals surface area contributed by atoms with Crippen LogP contribution in [0, 0.1) is 0 Å². The van der Waals surface area contributed by atoms with Crippen LogP contribution in [0.3, 0.4) is 0 Å². The highest BCUT2D eigenvalue weighted by atomic mass is 32.2. The fourth-order valence-corrected chi connectivity index (χ4v) is 3.67. The molecule has 5 nitrogen and oxygen atoms in total. The van der Waals surface area contributed by atoms with E-state index in [1.807, 2.05) is 0 Å². The van der Waals surface area contributed by atoms with Gasteiger partial charge in [-0.15, -0.1) is 0 Å². The second kappa shape index (κ2) is 17.0. The molecule has 0 amide bonds. The lowest BCUT2D eigenvalue weighted by Gasteiger charge is -2.34. The van der Waals surface area contributed by atoms with Gasteiger partial charge in [-0.25, -0.2) is 17.2 Å². The Kier molecular flexibility index (Phi) is 17.6. The summed E-state index contributed by atoms with van der Waals surface area (Å²) in [7, 11) is -2.10. The summed E-state index contributed by atoms with van der Waals surface area (Å²) in [6.07, 6.45) is 2.55. The molecule has 0 heterocycles. The molecule has 0 saturated carbocycles. The van der Waals surface area contributed by atoms with Gasteiger partial charge in [0.05, 0.1) is 36.8 Å². The maximum absolute atomic E-state index is 12.9. The standard InChI is InChI=1S/C13H30N.C9H12F8O4S/c1-5-8-11-14(4,12-9-6-2)13-10-7-3;10-6(11)8(14,15)9(16,17)7(12,13)5-21-3-1-2-4-22(18,19)20/h5-13H2,1-4H3;6H,1-5H2,(H,18,19,20)/q+1;/p-1. The smallest absolute Gasteiger partial charge is 0.380 e. The second-order valence-electron chi connectivity index (χ2n) is 9.07. The maximum Gasteiger partial charge on any atom is 0.380 e. The molecule has 220 valence electrons. The van der Waals surface area contributed by atoms with Crippen LogP contribution in [0.5, 0.6) is 0 Å². The molecule has 0 radical (unpaired) electrons. The predicted octanol–water partition coefficient (Wildman–Crippen LogP) is 6.33. The first kappa shape index (κ1) is 37.4. The normalized spacial score (nSPS) is 13.6. The monoisotopic (exact) mass is 567 g/mol. The zero-order chi connectivity index (χ0) is 28.7. The highest BCUT2D eigenvalue weighted by Crippen LogP contribution is 2.48. The molecule has 0 atom stereocenters. The van der Waals surface area contributed by atoms with Gasteiger partial charge < -0.3 is 13.8 Å². The van der Waals surface area contributed by atoms with Gasteiger partial charge in [0.2, 0.25) is 0 Å². The number of hydrogen-bond acceptors (Lipinski definition) is 4. The van der Waals surface area contributed by atoms with Crippen molar-refractivity contribution >= 4 is 10.1 Å². The zero-order valence-corrected chi connectivity index (χ0v) is 22.3. The third-order valence-electron chi connectivity index (χ3n) is 5.52. The van der Waals surface area contributed by atoms with E-state index in [1.165, 1.54) is 62.6 Å². The third kappa shape index (κ3) is 14.3. The molecule has 0 aromatic heterocycles. The van der Waals surface area contributed by atoms with Crippen LogP contribution in [0.2, 0.25) is 0 Å². The molecule has 0 aliphatic rings. The summed E-state index contributed by atoms with van der Waals surface area (Å²) in [6, 6.07) is 0. The van der Waals surface area contributed by atoms with E-state index in [2.05, 4.69) is 32.6 Å². The minimum absolute atomic E-state index is 0.311. The van der Waals surface area contributed by atoms with Gasteiger partial charge in [0, 0.05) is 12.4 Å². The maximum atomic E-state index is 12.9. The van der Waals surface area contributed by atoms with Crippen LogP contribution in [-0.4, -0.2) is 87.3 Å². The van der Waals surface area contributed by atoms with Crippen molar-refractivity contribution in [3.63, 3.8) is 0 Å². The number of hydrogen-bond donors (Lipinski definition) is 0. The molecule has 14 heteroatoms. The van der Waals surface area contributed by atoms with Crippen LogP contribution in [0.1, 0.15) is 72.1 Å². The minimum atomic E-state index is -6.34. The summed E-state index contributed by atoms with van der Waals surface area (Å²) in [5.41, 5.74) is 0.